The zero-order valence-corrected chi connectivity index (χ0v) is 12.8. The summed E-state index contributed by atoms with van der Waals surface area (Å²) in [6.07, 6.45) is 2.33. The molecule has 1 aromatic carbocycles. The maximum Gasteiger partial charge on any atom is 0.105 e. The van der Waals surface area contributed by atoms with Crippen molar-refractivity contribution in [2.75, 3.05) is 26.2 Å². The molecule has 2 saturated heterocycles. The molecule has 2 aliphatic rings. The lowest BCUT2D eigenvalue weighted by Gasteiger charge is -2.25. The number of aromatic nitrogens is 2. The van der Waals surface area contributed by atoms with E-state index < -0.39 is 0 Å². The van der Waals surface area contributed by atoms with E-state index in [0.717, 1.165) is 43.8 Å². The summed E-state index contributed by atoms with van der Waals surface area (Å²) in [4.78, 5) is 4.81. The van der Waals surface area contributed by atoms with Gasteiger partial charge in [-0.15, -0.1) is 0 Å². The third-order valence-corrected chi connectivity index (χ3v) is 5.23. The number of fused-ring (bicyclic) bond motifs is 1. The van der Waals surface area contributed by atoms with Gasteiger partial charge in [-0.3, -0.25) is 9.80 Å². The second kappa shape index (κ2) is 5.61. The van der Waals surface area contributed by atoms with E-state index in [1.807, 2.05) is 6.07 Å². The molecule has 2 aromatic rings. The Morgan fingerprint density at radius 1 is 1.14 bits per heavy atom. The number of rotatable bonds is 3. The van der Waals surface area contributed by atoms with Crippen molar-refractivity contribution < 1.29 is 5.11 Å². The van der Waals surface area contributed by atoms with Crippen LogP contribution in [0.3, 0.4) is 0 Å². The Hall–Kier alpha value is -1.08. The van der Waals surface area contributed by atoms with Crippen LogP contribution in [0.15, 0.2) is 18.2 Å². The van der Waals surface area contributed by atoms with Gasteiger partial charge in [0.25, 0.3) is 0 Å². The third kappa shape index (κ3) is 2.68. The zero-order chi connectivity index (χ0) is 14.2. The molecular formula is C15H20N4OS. The minimum atomic E-state index is -0.215. The summed E-state index contributed by atoms with van der Waals surface area (Å²) in [5.74, 6) is 0. The first-order valence-corrected chi connectivity index (χ1v) is 8.38. The van der Waals surface area contributed by atoms with Crippen molar-refractivity contribution in [3.05, 3.63) is 23.8 Å². The van der Waals surface area contributed by atoms with Crippen molar-refractivity contribution in [3.8, 4) is 0 Å². The number of β-amino-alcohol motifs (C(OH)–C–C–N with tert-alkyl or cyclic N) is 1. The highest BCUT2D eigenvalue weighted by Gasteiger charge is 2.36. The maximum absolute atomic E-state index is 10.3. The summed E-state index contributed by atoms with van der Waals surface area (Å²) in [6.45, 7) is 4.91. The van der Waals surface area contributed by atoms with Gasteiger partial charge in [0.15, 0.2) is 0 Å². The fourth-order valence-corrected chi connectivity index (χ4v) is 4.11. The Morgan fingerprint density at radius 3 is 2.81 bits per heavy atom. The smallest absolute Gasteiger partial charge is 0.105 e. The third-order valence-electron chi connectivity index (χ3n) is 4.67. The van der Waals surface area contributed by atoms with E-state index in [2.05, 4.69) is 30.7 Å². The highest BCUT2D eigenvalue weighted by atomic mass is 32.1. The van der Waals surface area contributed by atoms with Crippen LogP contribution in [0, 0.1) is 0 Å². The first-order chi connectivity index (χ1) is 10.3. The van der Waals surface area contributed by atoms with Crippen LogP contribution in [0.25, 0.3) is 11.0 Å². The van der Waals surface area contributed by atoms with E-state index in [-0.39, 0.29) is 6.10 Å². The summed E-state index contributed by atoms with van der Waals surface area (Å²) in [6, 6.07) is 6.60. The average molecular weight is 304 g/mol. The normalized spacial score (nSPS) is 27.9. The van der Waals surface area contributed by atoms with E-state index in [9.17, 15) is 5.11 Å². The molecule has 5 nitrogen and oxygen atoms in total. The number of hydrogen-bond donors (Lipinski definition) is 1. The van der Waals surface area contributed by atoms with Gasteiger partial charge in [0.2, 0.25) is 0 Å². The van der Waals surface area contributed by atoms with Crippen LogP contribution in [0.4, 0.5) is 0 Å². The van der Waals surface area contributed by atoms with Gasteiger partial charge in [-0.1, -0.05) is 6.07 Å². The number of aliphatic hydroxyl groups excluding tert-OH is 1. The van der Waals surface area contributed by atoms with Gasteiger partial charge in [0, 0.05) is 25.7 Å². The molecule has 6 heteroatoms. The molecule has 0 radical (unpaired) electrons. The molecule has 4 rings (SSSR count). The van der Waals surface area contributed by atoms with Crippen LogP contribution in [0.5, 0.6) is 0 Å². The molecule has 0 amide bonds. The molecule has 0 saturated carbocycles. The lowest BCUT2D eigenvalue weighted by Crippen LogP contribution is -2.41. The summed E-state index contributed by atoms with van der Waals surface area (Å²) >= 11 is 1.26. The van der Waals surface area contributed by atoms with Crippen molar-refractivity contribution in [1.82, 2.24) is 18.5 Å². The average Bonchev–Trinajstić information content (AvgIpc) is 3.18. The molecule has 21 heavy (non-hydrogen) atoms. The Morgan fingerprint density at radius 2 is 1.95 bits per heavy atom. The number of benzene rings is 1. The molecule has 1 aromatic heterocycles. The molecule has 112 valence electrons. The van der Waals surface area contributed by atoms with E-state index in [1.54, 1.807) is 0 Å². The van der Waals surface area contributed by atoms with Crippen LogP contribution >= 0.6 is 11.7 Å². The lowest BCUT2D eigenvalue weighted by atomic mass is 10.2. The molecule has 2 aliphatic heterocycles. The lowest BCUT2D eigenvalue weighted by molar-refractivity contribution is 0.0978. The SMILES string of the molecule is O[C@H]1CN(Cc2ccc3nsnc3c2)C[C@@H]1N1CCCC1. The van der Waals surface area contributed by atoms with E-state index in [1.165, 1.54) is 30.1 Å². The largest absolute Gasteiger partial charge is 0.390 e. The van der Waals surface area contributed by atoms with Gasteiger partial charge in [-0.05, 0) is 43.6 Å². The summed E-state index contributed by atoms with van der Waals surface area (Å²) in [7, 11) is 0. The second-order valence-corrected chi connectivity index (χ2v) is 6.69. The fraction of sp³-hybridized carbons (Fsp3) is 0.600. The number of likely N-dealkylation sites (tertiary alicyclic amines) is 2. The van der Waals surface area contributed by atoms with E-state index >= 15 is 0 Å². The van der Waals surface area contributed by atoms with Crippen molar-refractivity contribution in [3.63, 3.8) is 0 Å². The zero-order valence-electron chi connectivity index (χ0n) is 12.0. The summed E-state index contributed by atoms with van der Waals surface area (Å²) in [5.41, 5.74) is 3.21. The van der Waals surface area contributed by atoms with Gasteiger partial charge in [-0.2, -0.15) is 8.75 Å². The highest BCUT2D eigenvalue weighted by Crippen LogP contribution is 2.23. The monoisotopic (exact) mass is 304 g/mol. The van der Waals surface area contributed by atoms with Crippen LogP contribution in [0.1, 0.15) is 18.4 Å². The molecule has 1 N–H and O–H groups in total. The summed E-state index contributed by atoms with van der Waals surface area (Å²) in [5, 5.41) is 10.3. The van der Waals surface area contributed by atoms with Crippen molar-refractivity contribution in [2.45, 2.75) is 31.5 Å². The molecule has 0 bridgehead atoms. The number of hydrogen-bond acceptors (Lipinski definition) is 6. The highest BCUT2D eigenvalue weighted by molar-refractivity contribution is 7.00. The molecule has 2 atom stereocenters. The van der Waals surface area contributed by atoms with Gasteiger partial charge in [-0.25, -0.2) is 0 Å². The molecule has 0 aliphatic carbocycles. The topological polar surface area (TPSA) is 52.5 Å². The number of nitrogens with zero attached hydrogens (tertiary/aromatic N) is 4. The molecule has 2 fully saturated rings. The van der Waals surface area contributed by atoms with Gasteiger partial charge >= 0.3 is 0 Å². The van der Waals surface area contributed by atoms with E-state index in [4.69, 9.17) is 0 Å². The van der Waals surface area contributed by atoms with Crippen molar-refractivity contribution >= 4 is 22.8 Å². The van der Waals surface area contributed by atoms with Gasteiger partial charge in [0.1, 0.15) is 11.0 Å². The quantitative estimate of drug-likeness (QED) is 0.927. The van der Waals surface area contributed by atoms with Crippen LogP contribution in [0.2, 0.25) is 0 Å². The molecule has 3 heterocycles. The predicted molar refractivity (Wildman–Crippen MR) is 83.3 cm³/mol. The first kappa shape index (κ1) is 13.6. The Bertz CT molecular complexity index is 625. The standard InChI is InChI=1S/C15H20N4OS/c20-15-10-18(9-14(15)19-5-1-2-6-19)8-11-3-4-12-13(7-11)17-21-16-12/h3-4,7,14-15,20H,1-2,5-6,8-10H2/t14-,15-/m0/s1. The Labute approximate surface area is 128 Å². The molecular weight excluding hydrogens is 284 g/mol. The van der Waals surface area contributed by atoms with E-state index in [0.29, 0.717) is 6.04 Å². The molecule has 0 unspecified atom stereocenters. The number of aliphatic hydroxyl groups is 1. The Balaban J connectivity index is 1.45. The van der Waals surface area contributed by atoms with Crippen molar-refractivity contribution in [1.29, 1.82) is 0 Å². The van der Waals surface area contributed by atoms with Crippen LogP contribution in [-0.2, 0) is 6.54 Å². The van der Waals surface area contributed by atoms with Gasteiger partial charge < -0.3 is 5.11 Å². The predicted octanol–water partition coefficient (Wildman–Crippen LogP) is 1.33. The minimum Gasteiger partial charge on any atom is -0.390 e. The first-order valence-electron chi connectivity index (χ1n) is 7.65. The Kier molecular flexibility index (Phi) is 3.62. The van der Waals surface area contributed by atoms with Gasteiger partial charge in [0.05, 0.1) is 17.8 Å². The van der Waals surface area contributed by atoms with Crippen LogP contribution < -0.4 is 0 Å². The van der Waals surface area contributed by atoms with Crippen molar-refractivity contribution in [2.24, 2.45) is 0 Å². The molecule has 0 spiro atoms. The second-order valence-electron chi connectivity index (χ2n) is 6.16. The maximum atomic E-state index is 10.3. The fourth-order valence-electron chi connectivity index (χ4n) is 3.59. The van der Waals surface area contributed by atoms with Crippen LogP contribution in [-0.4, -0.2) is 62.0 Å². The summed E-state index contributed by atoms with van der Waals surface area (Å²) < 4.78 is 8.54. The minimum absolute atomic E-state index is 0.215.